The number of fused-ring (bicyclic) bond motifs is 1. The number of aromatic nitrogens is 3. The molecule has 0 radical (unpaired) electrons. The summed E-state index contributed by atoms with van der Waals surface area (Å²) in [6.45, 7) is 4.77. The molecular weight excluding hydrogens is 415 g/mol. The Bertz CT molecular complexity index is 1390. The van der Waals surface area contributed by atoms with Crippen LogP contribution in [0.4, 0.5) is 10.2 Å². The quantitative estimate of drug-likeness (QED) is 0.361. The predicted octanol–water partition coefficient (Wildman–Crippen LogP) is 4.09. The fraction of sp³-hybridized carbons (Fsp3) is 0.0870. The normalized spacial score (nSPS) is 10.7. The third kappa shape index (κ3) is 4.51. The van der Waals surface area contributed by atoms with E-state index >= 15 is 0 Å². The molecule has 0 aliphatic carbocycles. The summed E-state index contributed by atoms with van der Waals surface area (Å²) in [6, 6.07) is 10.2. The van der Waals surface area contributed by atoms with Crippen LogP contribution in [0.3, 0.4) is 0 Å². The largest absolute Gasteiger partial charge is 0.424 e. The Morgan fingerprint density at radius 3 is 2.69 bits per heavy atom. The number of halogens is 1. The summed E-state index contributed by atoms with van der Waals surface area (Å²) in [4.78, 5) is 36.2. The first kappa shape index (κ1) is 20.9. The van der Waals surface area contributed by atoms with Gasteiger partial charge in [0.25, 0.3) is 5.91 Å². The van der Waals surface area contributed by atoms with Crippen molar-refractivity contribution in [1.29, 1.82) is 0 Å². The molecule has 0 aliphatic rings. The Morgan fingerprint density at radius 1 is 1.16 bits per heavy atom. The number of anilines is 1. The second-order valence-corrected chi connectivity index (χ2v) is 6.87. The summed E-state index contributed by atoms with van der Waals surface area (Å²) < 4.78 is 24.1. The molecule has 0 unspecified atom stereocenters. The van der Waals surface area contributed by atoms with E-state index in [0.29, 0.717) is 22.5 Å². The van der Waals surface area contributed by atoms with E-state index in [2.05, 4.69) is 26.8 Å². The van der Waals surface area contributed by atoms with E-state index in [1.807, 2.05) is 6.92 Å². The lowest BCUT2D eigenvalue weighted by Crippen LogP contribution is -2.13. The van der Waals surface area contributed by atoms with E-state index < -0.39 is 17.4 Å². The van der Waals surface area contributed by atoms with Gasteiger partial charge in [-0.25, -0.2) is 24.1 Å². The standard InChI is InChI=1S/C23H17FN4O4/c1-13-17-5-4-16(31-23-26-7-3-8-27-23)12-19(17)32-22(30)18(13)10-15-6-9-25-20(11-15)28-21(29)14(2)24/h3-9,11-12H,2,10H2,1H3,(H,25,28,29). The summed E-state index contributed by atoms with van der Waals surface area (Å²) in [5.41, 5.74) is 1.77. The van der Waals surface area contributed by atoms with E-state index in [4.69, 9.17) is 9.15 Å². The summed E-state index contributed by atoms with van der Waals surface area (Å²) in [5, 5.41) is 3.05. The molecule has 0 atom stereocenters. The fourth-order valence-corrected chi connectivity index (χ4v) is 3.13. The van der Waals surface area contributed by atoms with Crippen LogP contribution in [0.2, 0.25) is 0 Å². The van der Waals surface area contributed by atoms with Gasteiger partial charge in [0.05, 0.1) is 0 Å². The van der Waals surface area contributed by atoms with E-state index in [9.17, 15) is 14.0 Å². The van der Waals surface area contributed by atoms with Crippen LogP contribution in [0.15, 0.2) is 76.6 Å². The highest BCUT2D eigenvalue weighted by atomic mass is 19.1. The first-order valence-electron chi connectivity index (χ1n) is 9.52. The van der Waals surface area contributed by atoms with E-state index in [-0.39, 0.29) is 18.2 Å². The summed E-state index contributed by atoms with van der Waals surface area (Å²) in [6.07, 6.45) is 4.81. The van der Waals surface area contributed by atoms with Gasteiger partial charge in [-0.1, -0.05) is 6.58 Å². The van der Waals surface area contributed by atoms with Crippen LogP contribution in [0.1, 0.15) is 16.7 Å². The monoisotopic (exact) mass is 432 g/mol. The van der Waals surface area contributed by atoms with Crippen LogP contribution in [0, 0.1) is 6.92 Å². The highest BCUT2D eigenvalue weighted by Gasteiger charge is 2.14. The SMILES string of the molecule is C=C(F)C(=O)Nc1cc(Cc2c(C)c3ccc(Oc4ncccn4)cc3oc2=O)ccn1. The number of nitrogens with zero attached hydrogens (tertiary/aromatic N) is 3. The van der Waals surface area contributed by atoms with Crippen molar-refractivity contribution >= 4 is 22.7 Å². The van der Waals surface area contributed by atoms with Crippen molar-refractivity contribution < 1.29 is 18.3 Å². The van der Waals surface area contributed by atoms with Crippen molar-refractivity contribution in [3.05, 3.63) is 94.5 Å². The van der Waals surface area contributed by atoms with Gasteiger partial charge in [0.15, 0.2) is 5.83 Å². The van der Waals surface area contributed by atoms with Crippen LogP contribution in [-0.2, 0) is 11.2 Å². The Labute approximate surface area is 181 Å². The molecule has 160 valence electrons. The first-order valence-corrected chi connectivity index (χ1v) is 9.52. The average Bonchev–Trinajstić information content (AvgIpc) is 2.77. The zero-order valence-corrected chi connectivity index (χ0v) is 17.0. The minimum absolute atomic E-state index is 0.152. The molecule has 1 amide bonds. The third-order valence-corrected chi connectivity index (χ3v) is 4.70. The van der Waals surface area contributed by atoms with Crippen molar-refractivity contribution in [2.24, 2.45) is 0 Å². The van der Waals surface area contributed by atoms with Crippen LogP contribution >= 0.6 is 0 Å². The number of rotatable bonds is 6. The molecular formula is C23H17FN4O4. The zero-order valence-electron chi connectivity index (χ0n) is 17.0. The Kier molecular flexibility index (Phi) is 5.71. The number of benzene rings is 1. The van der Waals surface area contributed by atoms with Gasteiger partial charge in [0.1, 0.15) is 17.2 Å². The maximum atomic E-state index is 12.9. The van der Waals surface area contributed by atoms with E-state index in [0.717, 1.165) is 10.9 Å². The van der Waals surface area contributed by atoms with Gasteiger partial charge in [0, 0.05) is 42.0 Å². The van der Waals surface area contributed by atoms with Gasteiger partial charge >= 0.3 is 11.6 Å². The Morgan fingerprint density at radius 2 is 1.94 bits per heavy atom. The lowest BCUT2D eigenvalue weighted by Gasteiger charge is -2.10. The van der Waals surface area contributed by atoms with Gasteiger partial charge in [0.2, 0.25) is 0 Å². The number of pyridine rings is 1. The van der Waals surface area contributed by atoms with Crippen LogP contribution in [-0.4, -0.2) is 20.9 Å². The van der Waals surface area contributed by atoms with Crippen LogP contribution in [0.5, 0.6) is 11.8 Å². The number of nitrogens with one attached hydrogen (secondary N) is 1. The molecule has 0 bridgehead atoms. The number of carbonyl (C=O) groups excluding carboxylic acids is 1. The molecule has 3 aromatic heterocycles. The van der Waals surface area contributed by atoms with Crippen molar-refractivity contribution in [1.82, 2.24) is 15.0 Å². The molecule has 1 N–H and O–H groups in total. The molecule has 0 fully saturated rings. The van der Waals surface area contributed by atoms with Gasteiger partial charge in [-0.2, -0.15) is 0 Å². The summed E-state index contributed by atoms with van der Waals surface area (Å²) >= 11 is 0. The van der Waals surface area contributed by atoms with E-state index in [1.165, 1.54) is 6.20 Å². The molecule has 0 spiro atoms. The average molecular weight is 432 g/mol. The molecule has 3 heterocycles. The highest BCUT2D eigenvalue weighted by Crippen LogP contribution is 2.27. The molecule has 32 heavy (non-hydrogen) atoms. The number of hydrogen-bond acceptors (Lipinski definition) is 7. The van der Waals surface area contributed by atoms with Gasteiger partial charge in [-0.05, 0) is 48.4 Å². The number of amides is 1. The van der Waals surface area contributed by atoms with Crippen molar-refractivity contribution in [3.63, 3.8) is 0 Å². The van der Waals surface area contributed by atoms with Crippen molar-refractivity contribution in [2.75, 3.05) is 5.32 Å². The third-order valence-electron chi connectivity index (χ3n) is 4.70. The zero-order chi connectivity index (χ0) is 22.7. The Balaban J connectivity index is 1.63. The summed E-state index contributed by atoms with van der Waals surface area (Å²) in [5.74, 6) is -1.51. The van der Waals surface area contributed by atoms with Gasteiger partial charge < -0.3 is 14.5 Å². The highest BCUT2D eigenvalue weighted by molar-refractivity contribution is 6.01. The fourth-order valence-electron chi connectivity index (χ4n) is 3.13. The second kappa shape index (κ2) is 8.76. The van der Waals surface area contributed by atoms with Crippen molar-refractivity contribution in [2.45, 2.75) is 13.3 Å². The molecule has 4 aromatic rings. The summed E-state index contributed by atoms with van der Waals surface area (Å²) in [7, 11) is 0. The number of ether oxygens (including phenoxy) is 1. The molecule has 0 saturated carbocycles. The lowest BCUT2D eigenvalue weighted by atomic mass is 10.00. The maximum Gasteiger partial charge on any atom is 0.340 e. The smallest absolute Gasteiger partial charge is 0.340 e. The first-order chi connectivity index (χ1) is 15.4. The van der Waals surface area contributed by atoms with E-state index in [1.54, 1.807) is 48.8 Å². The lowest BCUT2D eigenvalue weighted by molar-refractivity contribution is -0.114. The van der Waals surface area contributed by atoms with Gasteiger partial charge in [-0.3, -0.25) is 4.79 Å². The number of aryl methyl sites for hydroxylation is 1. The molecule has 4 rings (SSSR count). The van der Waals surface area contributed by atoms with Crippen LogP contribution in [0.25, 0.3) is 11.0 Å². The second-order valence-electron chi connectivity index (χ2n) is 6.87. The molecule has 8 nitrogen and oxygen atoms in total. The number of carbonyl (C=O) groups is 1. The predicted molar refractivity (Wildman–Crippen MR) is 115 cm³/mol. The molecule has 0 aliphatic heterocycles. The molecule has 9 heteroatoms. The Hall–Kier alpha value is -4.40. The maximum absolute atomic E-state index is 12.9. The van der Waals surface area contributed by atoms with Gasteiger partial charge in [-0.15, -0.1) is 0 Å². The topological polar surface area (TPSA) is 107 Å². The number of hydrogen-bond donors (Lipinski definition) is 1. The minimum atomic E-state index is -1.12. The molecule has 0 saturated heterocycles. The molecule has 1 aromatic carbocycles. The van der Waals surface area contributed by atoms with Crippen molar-refractivity contribution in [3.8, 4) is 11.8 Å². The minimum Gasteiger partial charge on any atom is -0.424 e. The van der Waals surface area contributed by atoms with Crippen LogP contribution < -0.4 is 15.7 Å².